The van der Waals surface area contributed by atoms with Gasteiger partial charge in [-0.3, -0.25) is 9.59 Å². The van der Waals surface area contributed by atoms with Crippen molar-refractivity contribution in [3.8, 4) is 11.5 Å². The van der Waals surface area contributed by atoms with E-state index in [0.717, 1.165) is 17.0 Å². The van der Waals surface area contributed by atoms with Crippen LogP contribution in [0.5, 0.6) is 11.5 Å². The zero-order valence-corrected chi connectivity index (χ0v) is 19.4. The zero-order chi connectivity index (χ0) is 23.1. The van der Waals surface area contributed by atoms with Gasteiger partial charge in [0.05, 0.1) is 44.1 Å². The minimum atomic E-state index is -0.577. The number of para-hydroxylation sites is 2. The summed E-state index contributed by atoms with van der Waals surface area (Å²) in [5.41, 5.74) is 2.01. The monoisotopic (exact) mass is 460 g/mol. The van der Waals surface area contributed by atoms with Crippen LogP contribution in [0.1, 0.15) is 12.5 Å². The molecule has 0 radical (unpaired) electrons. The van der Waals surface area contributed by atoms with E-state index in [1.807, 2.05) is 54.3 Å². The van der Waals surface area contributed by atoms with Gasteiger partial charge in [0.25, 0.3) is 5.91 Å². The SMILES string of the molecule is CC(=O)CN1CC(C(=O)N2CCOCC2)Oc2ccccc21.COc1ccc(C)cc1Cl. The van der Waals surface area contributed by atoms with E-state index < -0.39 is 6.10 Å². The Morgan fingerprint density at radius 2 is 1.88 bits per heavy atom. The van der Waals surface area contributed by atoms with Crippen molar-refractivity contribution in [3.63, 3.8) is 0 Å². The summed E-state index contributed by atoms with van der Waals surface area (Å²) >= 11 is 5.80. The molecule has 4 rings (SSSR count). The van der Waals surface area contributed by atoms with Gasteiger partial charge in [0.1, 0.15) is 17.3 Å². The molecular weight excluding hydrogens is 432 g/mol. The fraction of sp³-hybridized carbons (Fsp3) is 0.417. The summed E-state index contributed by atoms with van der Waals surface area (Å²) in [6.07, 6.45) is -0.577. The molecule has 1 amide bonds. The molecule has 0 saturated carbocycles. The average molecular weight is 461 g/mol. The summed E-state index contributed by atoms with van der Waals surface area (Å²) in [5.74, 6) is 1.41. The lowest BCUT2D eigenvalue weighted by molar-refractivity contribution is -0.142. The van der Waals surface area contributed by atoms with Gasteiger partial charge >= 0.3 is 0 Å². The predicted molar refractivity (Wildman–Crippen MR) is 124 cm³/mol. The number of amides is 1. The second-order valence-electron chi connectivity index (χ2n) is 7.73. The number of anilines is 1. The summed E-state index contributed by atoms with van der Waals surface area (Å²) in [7, 11) is 1.61. The highest BCUT2D eigenvalue weighted by Crippen LogP contribution is 2.33. The molecule has 0 aliphatic carbocycles. The molecular formula is C24H29ClN2O5. The van der Waals surface area contributed by atoms with E-state index in [1.165, 1.54) is 0 Å². The van der Waals surface area contributed by atoms with E-state index in [4.69, 9.17) is 25.8 Å². The molecule has 0 bridgehead atoms. The Kier molecular flexibility index (Phi) is 8.36. The second kappa shape index (κ2) is 11.2. The zero-order valence-electron chi connectivity index (χ0n) is 18.7. The molecule has 2 heterocycles. The first-order valence-electron chi connectivity index (χ1n) is 10.6. The van der Waals surface area contributed by atoms with E-state index >= 15 is 0 Å². The quantitative estimate of drug-likeness (QED) is 0.697. The standard InChI is InChI=1S/C16H20N2O4.C8H9ClO/c1-12(19)10-18-11-15(16(20)17-6-8-21-9-7-17)22-14-5-3-2-4-13(14)18;1-6-3-4-8(10-2)7(9)5-6/h2-5,15H,6-11H2,1H3;3-5H,1-2H3. The Morgan fingerprint density at radius 3 is 2.53 bits per heavy atom. The molecule has 8 heteroatoms. The summed E-state index contributed by atoms with van der Waals surface area (Å²) in [6, 6.07) is 13.2. The van der Waals surface area contributed by atoms with Crippen molar-refractivity contribution < 1.29 is 23.8 Å². The summed E-state index contributed by atoms with van der Waals surface area (Å²) in [4.78, 5) is 27.8. The van der Waals surface area contributed by atoms with Crippen molar-refractivity contribution in [3.05, 3.63) is 53.1 Å². The van der Waals surface area contributed by atoms with Crippen molar-refractivity contribution in [2.24, 2.45) is 0 Å². The van der Waals surface area contributed by atoms with Crippen LogP contribution in [0, 0.1) is 6.92 Å². The number of Topliss-reactive ketones (excluding diaryl/α,β-unsaturated/α-hetero) is 1. The van der Waals surface area contributed by atoms with Gasteiger partial charge < -0.3 is 24.0 Å². The first-order valence-corrected chi connectivity index (χ1v) is 10.9. The molecule has 0 spiro atoms. The maximum absolute atomic E-state index is 12.6. The first kappa shape index (κ1) is 23.9. The number of fused-ring (bicyclic) bond motifs is 1. The van der Waals surface area contributed by atoms with Crippen molar-refractivity contribution in [2.75, 3.05) is 51.4 Å². The molecule has 0 aromatic heterocycles. The largest absolute Gasteiger partial charge is 0.495 e. The van der Waals surface area contributed by atoms with E-state index in [1.54, 1.807) is 18.9 Å². The number of carbonyl (C=O) groups is 2. The molecule has 7 nitrogen and oxygen atoms in total. The van der Waals surface area contributed by atoms with Crippen LogP contribution in [0.4, 0.5) is 5.69 Å². The van der Waals surface area contributed by atoms with Crippen LogP contribution in [0.2, 0.25) is 5.02 Å². The Bertz CT molecular complexity index is 946. The Hall–Kier alpha value is -2.77. The molecule has 1 unspecified atom stereocenters. The van der Waals surface area contributed by atoms with Gasteiger partial charge in [-0.2, -0.15) is 0 Å². The van der Waals surface area contributed by atoms with Crippen molar-refractivity contribution in [1.29, 1.82) is 0 Å². The first-order chi connectivity index (χ1) is 15.4. The van der Waals surface area contributed by atoms with Crippen LogP contribution in [0.3, 0.4) is 0 Å². The van der Waals surface area contributed by atoms with Crippen molar-refractivity contribution >= 4 is 29.0 Å². The van der Waals surface area contributed by atoms with Gasteiger partial charge in [-0.15, -0.1) is 0 Å². The lowest BCUT2D eigenvalue weighted by Crippen LogP contribution is -2.53. The van der Waals surface area contributed by atoms with Gasteiger partial charge in [0, 0.05) is 13.1 Å². The van der Waals surface area contributed by atoms with Gasteiger partial charge in [0.15, 0.2) is 6.10 Å². The maximum atomic E-state index is 12.6. The van der Waals surface area contributed by atoms with E-state index in [-0.39, 0.29) is 18.2 Å². The Morgan fingerprint density at radius 1 is 1.16 bits per heavy atom. The Balaban J connectivity index is 0.000000243. The lowest BCUT2D eigenvalue weighted by Gasteiger charge is -2.37. The van der Waals surface area contributed by atoms with Crippen LogP contribution >= 0.6 is 11.6 Å². The third kappa shape index (κ3) is 6.14. The minimum absolute atomic E-state index is 0.0358. The predicted octanol–water partition coefficient (Wildman–Crippen LogP) is 3.36. The van der Waals surface area contributed by atoms with Crippen LogP contribution < -0.4 is 14.4 Å². The average Bonchev–Trinajstić information content (AvgIpc) is 2.79. The molecule has 1 fully saturated rings. The number of benzene rings is 2. The maximum Gasteiger partial charge on any atom is 0.265 e. The highest BCUT2D eigenvalue weighted by Gasteiger charge is 2.34. The number of carbonyl (C=O) groups excluding carboxylic acids is 2. The number of ketones is 1. The normalized spacial score (nSPS) is 17.4. The van der Waals surface area contributed by atoms with Gasteiger partial charge in [-0.1, -0.05) is 29.8 Å². The molecule has 1 atom stereocenters. The molecule has 2 aliphatic heterocycles. The second-order valence-corrected chi connectivity index (χ2v) is 8.14. The number of morpholine rings is 1. The number of hydrogen-bond acceptors (Lipinski definition) is 6. The highest BCUT2D eigenvalue weighted by molar-refractivity contribution is 6.32. The van der Waals surface area contributed by atoms with Gasteiger partial charge in [-0.25, -0.2) is 0 Å². The van der Waals surface area contributed by atoms with E-state index in [2.05, 4.69) is 0 Å². The molecule has 2 aromatic carbocycles. The fourth-order valence-corrected chi connectivity index (χ4v) is 3.93. The Labute approximate surface area is 193 Å². The number of aryl methyl sites for hydroxylation is 1. The van der Waals surface area contributed by atoms with E-state index in [0.29, 0.717) is 43.6 Å². The third-order valence-electron chi connectivity index (χ3n) is 5.18. The minimum Gasteiger partial charge on any atom is -0.495 e. The van der Waals surface area contributed by atoms with Crippen LogP contribution in [0.15, 0.2) is 42.5 Å². The number of halogens is 1. The molecule has 1 saturated heterocycles. The smallest absolute Gasteiger partial charge is 0.265 e. The molecule has 0 N–H and O–H groups in total. The number of rotatable bonds is 4. The van der Waals surface area contributed by atoms with Crippen molar-refractivity contribution in [2.45, 2.75) is 20.0 Å². The van der Waals surface area contributed by atoms with Gasteiger partial charge in [-0.05, 0) is 43.7 Å². The van der Waals surface area contributed by atoms with Gasteiger partial charge in [0.2, 0.25) is 0 Å². The number of ether oxygens (including phenoxy) is 3. The van der Waals surface area contributed by atoms with Crippen LogP contribution in [-0.4, -0.2) is 69.2 Å². The summed E-state index contributed by atoms with van der Waals surface area (Å²) in [6.45, 7) is 6.53. The van der Waals surface area contributed by atoms with Crippen LogP contribution in [0.25, 0.3) is 0 Å². The van der Waals surface area contributed by atoms with Crippen LogP contribution in [-0.2, 0) is 14.3 Å². The summed E-state index contributed by atoms with van der Waals surface area (Å²) < 4.78 is 16.1. The molecule has 2 aromatic rings. The third-order valence-corrected chi connectivity index (χ3v) is 5.48. The topological polar surface area (TPSA) is 68.3 Å². The number of hydrogen-bond donors (Lipinski definition) is 0. The number of methoxy groups -OCH3 is 1. The van der Waals surface area contributed by atoms with E-state index in [9.17, 15) is 9.59 Å². The fourth-order valence-electron chi connectivity index (χ4n) is 3.61. The van der Waals surface area contributed by atoms with Crippen molar-refractivity contribution in [1.82, 2.24) is 4.90 Å². The highest BCUT2D eigenvalue weighted by atomic mass is 35.5. The lowest BCUT2D eigenvalue weighted by atomic mass is 10.1. The molecule has 2 aliphatic rings. The molecule has 32 heavy (non-hydrogen) atoms. The number of nitrogens with zero attached hydrogens (tertiary/aromatic N) is 2. The summed E-state index contributed by atoms with van der Waals surface area (Å²) in [5, 5.41) is 0.669. The molecule has 172 valence electrons.